The summed E-state index contributed by atoms with van der Waals surface area (Å²) in [5.41, 5.74) is 3.78. The number of carbonyl (C=O) groups is 2. The van der Waals surface area contributed by atoms with Gasteiger partial charge in [-0.15, -0.1) is 0 Å². The van der Waals surface area contributed by atoms with Gasteiger partial charge in [0.25, 0.3) is 0 Å². The normalized spacial score (nSPS) is 43.1. The van der Waals surface area contributed by atoms with Gasteiger partial charge in [-0.1, -0.05) is 59.3 Å². The lowest BCUT2D eigenvalue weighted by atomic mass is 9.34. The number of ether oxygens (including phenoxy) is 1. The Bertz CT molecular complexity index is 1180. The molecule has 0 heterocycles. The van der Waals surface area contributed by atoms with Crippen LogP contribution < -0.4 is 0 Å². The van der Waals surface area contributed by atoms with Gasteiger partial charge in [-0.3, -0.25) is 9.59 Å². The zero-order chi connectivity index (χ0) is 27.2. The van der Waals surface area contributed by atoms with Crippen LogP contribution in [0.5, 0.6) is 0 Å². The molecule has 37 heavy (non-hydrogen) atoms. The van der Waals surface area contributed by atoms with Crippen LogP contribution in [0.2, 0.25) is 0 Å². The minimum atomic E-state index is -0.438. The highest BCUT2D eigenvalue weighted by molar-refractivity contribution is 6.06. The van der Waals surface area contributed by atoms with E-state index < -0.39 is 5.41 Å². The maximum Gasteiger partial charge on any atom is 0.311 e. The summed E-state index contributed by atoms with van der Waals surface area (Å²) in [5.74, 6) is 0.349. The molecule has 0 bridgehead atoms. The predicted molar refractivity (Wildman–Crippen MR) is 147 cm³/mol. The molecule has 0 aliphatic heterocycles. The lowest BCUT2D eigenvalue weighted by molar-refractivity contribution is -0.183. The number of fused-ring (bicyclic) bond motifs is 7. The summed E-state index contributed by atoms with van der Waals surface area (Å²) in [6, 6.07) is 0. The van der Waals surface area contributed by atoms with Crippen LogP contribution in [-0.2, 0) is 14.3 Å². The van der Waals surface area contributed by atoms with Crippen molar-refractivity contribution in [3.63, 3.8) is 0 Å². The van der Waals surface area contributed by atoms with Crippen LogP contribution >= 0.6 is 0 Å². The molecule has 6 atom stereocenters. The van der Waals surface area contributed by atoms with Crippen molar-refractivity contribution in [2.75, 3.05) is 6.61 Å². The standard InChI is InChI=1S/C33H46O4/c1-20(2)19-37-28(36)30(5)12-11-29(4)13-15-32(7)25-10-9-22-21(3)27(35)24(34)17-23(22)31(25,6)14-16-33(32,8)26(29)18-30/h9-10,17,20,26,35H,11-16,18-19H2,1-8H3/t26-,29-,30-,31+,32-,33+/m1/s1. The van der Waals surface area contributed by atoms with Gasteiger partial charge in [0.1, 0.15) is 0 Å². The molecule has 0 aromatic rings. The molecule has 0 aromatic carbocycles. The van der Waals surface area contributed by atoms with Crippen molar-refractivity contribution in [2.24, 2.45) is 38.9 Å². The highest BCUT2D eigenvalue weighted by atomic mass is 16.5. The number of hydrogen-bond acceptors (Lipinski definition) is 4. The van der Waals surface area contributed by atoms with E-state index in [1.165, 1.54) is 5.57 Å². The first-order valence-corrected chi connectivity index (χ1v) is 14.4. The Morgan fingerprint density at radius 1 is 1.03 bits per heavy atom. The maximum atomic E-state index is 13.4. The Balaban J connectivity index is 1.55. The Kier molecular flexibility index (Phi) is 5.87. The zero-order valence-corrected chi connectivity index (χ0v) is 24.2. The number of rotatable bonds is 3. The monoisotopic (exact) mass is 506 g/mol. The number of aliphatic hydroxyl groups excluding tert-OH is 1. The van der Waals surface area contributed by atoms with E-state index in [0.29, 0.717) is 24.0 Å². The second-order valence-electron chi connectivity index (χ2n) is 14.6. The van der Waals surface area contributed by atoms with Crippen molar-refractivity contribution in [2.45, 2.75) is 100 Å². The minimum Gasteiger partial charge on any atom is -0.504 e. The Labute approximate surface area is 223 Å². The third kappa shape index (κ3) is 3.53. The fraction of sp³-hybridized carbons (Fsp3) is 0.697. The van der Waals surface area contributed by atoms with Gasteiger partial charge in [-0.25, -0.2) is 0 Å². The fourth-order valence-corrected chi connectivity index (χ4v) is 9.06. The molecule has 0 radical (unpaired) electrons. The van der Waals surface area contributed by atoms with Gasteiger partial charge < -0.3 is 9.84 Å². The number of aliphatic hydroxyl groups is 1. The van der Waals surface area contributed by atoms with Crippen molar-refractivity contribution in [1.29, 1.82) is 0 Å². The molecular weight excluding hydrogens is 460 g/mol. The molecule has 3 saturated carbocycles. The van der Waals surface area contributed by atoms with E-state index in [0.717, 1.165) is 56.1 Å². The molecule has 4 heteroatoms. The maximum absolute atomic E-state index is 13.4. The molecule has 202 valence electrons. The average Bonchev–Trinajstić information content (AvgIpc) is 2.84. The second kappa shape index (κ2) is 8.20. The van der Waals surface area contributed by atoms with E-state index in [2.05, 4.69) is 60.6 Å². The number of carbonyl (C=O) groups excluding carboxylic acids is 2. The van der Waals surface area contributed by atoms with Crippen LogP contribution in [0.4, 0.5) is 0 Å². The summed E-state index contributed by atoms with van der Waals surface area (Å²) >= 11 is 0. The zero-order valence-electron chi connectivity index (χ0n) is 24.2. The molecule has 0 spiro atoms. The number of allylic oxidation sites excluding steroid dienone is 7. The van der Waals surface area contributed by atoms with Crippen molar-refractivity contribution < 1.29 is 19.4 Å². The molecule has 0 amide bonds. The summed E-state index contributed by atoms with van der Waals surface area (Å²) in [5, 5.41) is 10.4. The highest BCUT2D eigenvalue weighted by Crippen LogP contribution is 2.75. The third-order valence-corrected chi connectivity index (χ3v) is 11.9. The summed E-state index contributed by atoms with van der Waals surface area (Å²) in [4.78, 5) is 26.1. The number of esters is 1. The lowest BCUT2D eigenvalue weighted by Gasteiger charge is -2.70. The molecule has 1 N–H and O–H groups in total. The molecule has 5 aliphatic carbocycles. The summed E-state index contributed by atoms with van der Waals surface area (Å²) in [6.07, 6.45) is 13.3. The molecule has 4 nitrogen and oxygen atoms in total. The van der Waals surface area contributed by atoms with E-state index in [4.69, 9.17) is 4.74 Å². The largest absolute Gasteiger partial charge is 0.504 e. The van der Waals surface area contributed by atoms with Crippen molar-refractivity contribution in [3.05, 3.63) is 46.3 Å². The van der Waals surface area contributed by atoms with E-state index in [9.17, 15) is 14.7 Å². The third-order valence-electron chi connectivity index (χ3n) is 11.9. The first-order chi connectivity index (χ1) is 17.1. The Hall–Kier alpha value is -2.10. The van der Waals surface area contributed by atoms with E-state index in [1.54, 1.807) is 6.08 Å². The smallest absolute Gasteiger partial charge is 0.311 e. The molecule has 0 aromatic heterocycles. The van der Waals surface area contributed by atoms with Gasteiger partial charge in [0.2, 0.25) is 5.78 Å². The molecule has 5 rings (SSSR count). The summed E-state index contributed by atoms with van der Waals surface area (Å²) in [7, 11) is 0. The van der Waals surface area contributed by atoms with Gasteiger partial charge in [0.15, 0.2) is 5.76 Å². The highest BCUT2D eigenvalue weighted by Gasteiger charge is 2.67. The molecule has 3 fully saturated rings. The van der Waals surface area contributed by atoms with Gasteiger partial charge in [0, 0.05) is 11.0 Å². The van der Waals surface area contributed by atoms with E-state index >= 15 is 0 Å². The topological polar surface area (TPSA) is 63.6 Å². The summed E-state index contributed by atoms with van der Waals surface area (Å²) in [6.45, 7) is 18.4. The predicted octanol–water partition coefficient (Wildman–Crippen LogP) is 7.81. The SMILES string of the molecule is CC1=C(O)C(=O)C=C2C1=CC=C1[C@@]2(C)CC[C@@]2(C)[C@@H]3C[C@](C)(C(=O)OCC(C)C)CC[C@]3(C)CC[C@]12C. The van der Waals surface area contributed by atoms with E-state index in [1.807, 2.05) is 6.92 Å². The van der Waals surface area contributed by atoms with Crippen LogP contribution in [0.3, 0.4) is 0 Å². The van der Waals surface area contributed by atoms with Gasteiger partial charge in [-0.05, 0) is 104 Å². The van der Waals surface area contributed by atoms with Crippen LogP contribution in [0.25, 0.3) is 0 Å². The Morgan fingerprint density at radius 3 is 2.38 bits per heavy atom. The number of ketones is 1. The van der Waals surface area contributed by atoms with Gasteiger partial charge >= 0.3 is 5.97 Å². The number of hydrogen-bond donors (Lipinski definition) is 1. The molecule has 0 saturated heterocycles. The van der Waals surface area contributed by atoms with E-state index in [-0.39, 0.29) is 39.2 Å². The molecule has 0 unspecified atom stereocenters. The van der Waals surface area contributed by atoms with Crippen LogP contribution in [0.15, 0.2) is 46.3 Å². The van der Waals surface area contributed by atoms with Gasteiger partial charge in [-0.2, -0.15) is 0 Å². The van der Waals surface area contributed by atoms with Crippen molar-refractivity contribution in [1.82, 2.24) is 0 Å². The van der Waals surface area contributed by atoms with Crippen LogP contribution in [-0.4, -0.2) is 23.5 Å². The molecular formula is C33H46O4. The molecule has 5 aliphatic rings. The van der Waals surface area contributed by atoms with Crippen LogP contribution in [0, 0.1) is 38.9 Å². The average molecular weight is 507 g/mol. The summed E-state index contributed by atoms with van der Waals surface area (Å²) < 4.78 is 5.82. The minimum absolute atomic E-state index is 0.0165. The van der Waals surface area contributed by atoms with Crippen molar-refractivity contribution in [3.8, 4) is 0 Å². The van der Waals surface area contributed by atoms with Crippen LogP contribution in [0.1, 0.15) is 100 Å². The van der Waals surface area contributed by atoms with Crippen molar-refractivity contribution >= 4 is 11.8 Å². The first-order valence-electron chi connectivity index (χ1n) is 14.4. The lowest BCUT2D eigenvalue weighted by Crippen LogP contribution is -2.62. The van der Waals surface area contributed by atoms with Gasteiger partial charge in [0.05, 0.1) is 12.0 Å². The first kappa shape index (κ1) is 26.5. The Morgan fingerprint density at radius 2 is 1.70 bits per heavy atom. The second-order valence-corrected chi connectivity index (χ2v) is 14.6. The fourth-order valence-electron chi connectivity index (χ4n) is 9.06. The quantitative estimate of drug-likeness (QED) is 0.396.